The molecule has 0 bridgehead atoms. The SMILES string of the molecule is O=C(CN1CCN(Cc2cccc(Cl)c2)C1=O)NCc1ccccc1Cl. The number of carbonyl (C=O) groups is 2. The molecule has 2 aromatic carbocycles. The van der Waals surface area contributed by atoms with E-state index in [0.29, 0.717) is 36.2 Å². The minimum Gasteiger partial charge on any atom is -0.350 e. The number of nitrogens with zero attached hydrogens (tertiary/aromatic N) is 2. The van der Waals surface area contributed by atoms with Crippen LogP contribution in [0.25, 0.3) is 0 Å². The fraction of sp³-hybridized carbons (Fsp3) is 0.263. The van der Waals surface area contributed by atoms with E-state index in [2.05, 4.69) is 5.32 Å². The van der Waals surface area contributed by atoms with Gasteiger partial charge in [0.05, 0.1) is 0 Å². The molecule has 2 aromatic rings. The molecule has 26 heavy (non-hydrogen) atoms. The first-order chi connectivity index (χ1) is 12.5. The third-order valence-corrected chi connectivity index (χ3v) is 4.82. The molecule has 0 atom stereocenters. The number of carbonyl (C=O) groups excluding carboxylic acids is 2. The van der Waals surface area contributed by atoms with Crippen LogP contribution in [0.3, 0.4) is 0 Å². The van der Waals surface area contributed by atoms with E-state index in [9.17, 15) is 9.59 Å². The van der Waals surface area contributed by atoms with Crippen molar-refractivity contribution in [2.24, 2.45) is 0 Å². The molecule has 0 aliphatic carbocycles. The number of nitrogens with one attached hydrogen (secondary N) is 1. The lowest BCUT2D eigenvalue weighted by Gasteiger charge is -2.18. The lowest BCUT2D eigenvalue weighted by molar-refractivity contribution is -0.121. The molecule has 0 spiro atoms. The molecule has 0 unspecified atom stereocenters. The smallest absolute Gasteiger partial charge is 0.320 e. The third-order valence-electron chi connectivity index (χ3n) is 4.21. The van der Waals surface area contributed by atoms with Crippen LogP contribution in [0, 0.1) is 0 Å². The molecule has 0 aromatic heterocycles. The monoisotopic (exact) mass is 391 g/mol. The molecule has 1 N–H and O–H groups in total. The molecule has 0 saturated carbocycles. The second-order valence-corrected chi connectivity index (χ2v) is 6.97. The summed E-state index contributed by atoms with van der Waals surface area (Å²) in [5.74, 6) is -0.206. The van der Waals surface area contributed by atoms with Gasteiger partial charge in [-0.1, -0.05) is 53.5 Å². The highest BCUT2D eigenvalue weighted by Crippen LogP contribution is 2.17. The molecule has 3 amide bonds. The Bertz CT molecular complexity index is 813. The summed E-state index contributed by atoms with van der Waals surface area (Å²) in [6.45, 7) is 1.97. The van der Waals surface area contributed by atoms with Crippen molar-refractivity contribution in [3.8, 4) is 0 Å². The lowest BCUT2D eigenvalue weighted by atomic mass is 10.2. The normalized spacial score (nSPS) is 14.0. The van der Waals surface area contributed by atoms with E-state index in [-0.39, 0.29) is 18.5 Å². The van der Waals surface area contributed by atoms with Gasteiger partial charge in [-0.15, -0.1) is 0 Å². The lowest BCUT2D eigenvalue weighted by Crippen LogP contribution is -2.39. The largest absolute Gasteiger partial charge is 0.350 e. The minimum atomic E-state index is -0.206. The zero-order valence-electron chi connectivity index (χ0n) is 14.1. The van der Waals surface area contributed by atoms with Gasteiger partial charge in [-0.2, -0.15) is 0 Å². The van der Waals surface area contributed by atoms with Crippen LogP contribution >= 0.6 is 23.2 Å². The molecule has 1 fully saturated rings. The van der Waals surface area contributed by atoms with Gasteiger partial charge in [-0.05, 0) is 29.3 Å². The number of rotatable bonds is 6. The van der Waals surface area contributed by atoms with Crippen LogP contribution in [0.5, 0.6) is 0 Å². The van der Waals surface area contributed by atoms with Gasteiger partial charge in [0.1, 0.15) is 6.54 Å². The number of hydrogen-bond donors (Lipinski definition) is 1. The van der Waals surface area contributed by atoms with Gasteiger partial charge in [0.25, 0.3) is 0 Å². The highest BCUT2D eigenvalue weighted by atomic mass is 35.5. The highest BCUT2D eigenvalue weighted by Gasteiger charge is 2.29. The number of hydrogen-bond acceptors (Lipinski definition) is 2. The van der Waals surface area contributed by atoms with Crippen molar-refractivity contribution in [3.05, 3.63) is 69.7 Å². The van der Waals surface area contributed by atoms with Crippen LogP contribution in [-0.2, 0) is 17.9 Å². The number of amides is 3. The van der Waals surface area contributed by atoms with Crippen molar-refractivity contribution in [1.29, 1.82) is 0 Å². The van der Waals surface area contributed by atoms with Crippen molar-refractivity contribution < 1.29 is 9.59 Å². The fourth-order valence-corrected chi connectivity index (χ4v) is 3.26. The van der Waals surface area contributed by atoms with E-state index in [0.717, 1.165) is 11.1 Å². The first-order valence-corrected chi connectivity index (χ1v) is 9.07. The van der Waals surface area contributed by atoms with E-state index < -0.39 is 0 Å². The third kappa shape index (κ3) is 4.68. The van der Waals surface area contributed by atoms with E-state index in [4.69, 9.17) is 23.2 Å². The van der Waals surface area contributed by atoms with Crippen LogP contribution in [0.1, 0.15) is 11.1 Å². The molecule has 136 valence electrons. The van der Waals surface area contributed by atoms with E-state index in [1.54, 1.807) is 21.9 Å². The predicted molar refractivity (Wildman–Crippen MR) is 102 cm³/mol. The quantitative estimate of drug-likeness (QED) is 0.818. The van der Waals surface area contributed by atoms with Gasteiger partial charge >= 0.3 is 6.03 Å². The summed E-state index contributed by atoms with van der Waals surface area (Å²) in [6, 6.07) is 14.6. The van der Waals surface area contributed by atoms with Gasteiger partial charge in [-0.25, -0.2) is 4.79 Å². The average molecular weight is 392 g/mol. The Hall–Kier alpha value is -2.24. The van der Waals surface area contributed by atoms with Gasteiger partial charge in [0.2, 0.25) is 5.91 Å². The number of urea groups is 1. The van der Waals surface area contributed by atoms with Crippen molar-refractivity contribution in [3.63, 3.8) is 0 Å². The Morgan fingerprint density at radius 2 is 1.81 bits per heavy atom. The molecular weight excluding hydrogens is 373 g/mol. The van der Waals surface area contributed by atoms with Crippen LogP contribution in [0.15, 0.2) is 48.5 Å². The molecule has 1 heterocycles. The van der Waals surface area contributed by atoms with E-state index >= 15 is 0 Å². The maximum Gasteiger partial charge on any atom is 0.320 e. The van der Waals surface area contributed by atoms with Gasteiger partial charge in [-0.3, -0.25) is 4.79 Å². The predicted octanol–water partition coefficient (Wildman–Crippen LogP) is 3.55. The highest BCUT2D eigenvalue weighted by molar-refractivity contribution is 6.31. The summed E-state index contributed by atoms with van der Waals surface area (Å²) in [4.78, 5) is 27.9. The van der Waals surface area contributed by atoms with Gasteiger partial charge in [0, 0.05) is 36.2 Å². The summed E-state index contributed by atoms with van der Waals surface area (Å²) in [5.41, 5.74) is 1.81. The standard InChI is InChI=1S/C19H19Cl2N3O2/c20-16-6-3-4-14(10-16)12-23-8-9-24(19(23)26)13-18(25)22-11-15-5-1-2-7-17(15)21/h1-7,10H,8-9,11-13H2,(H,22,25). The zero-order valence-corrected chi connectivity index (χ0v) is 15.6. The Balaban J connectivity index is 1.50. The van der Waals surface area contributed by atoms with Crippen molar-refractivity contribution in [1.82, 2.24) is 15.1 Å². The van der Waals surface area contributed by atoms with Crippen molar-refractivity contribution in [2.75, 3.05) is 19.6 Å². The summed E-state index contributed by atoms with van der Waals surface area (Å²) in [7, 11) is 0. The van der Waals surface area contributed by atoms with Gasteiger partial charge < -0.3 is 15.1 Å². The first-order valence-electron chi connectivity index (χ1n) is 8.31. The fourth-order valence-electron chi connectivity index (χ4n) is 2.85. The molecule has 5 nitrogen and oxygen atoms in total. The van der Waals surface area contributed by atoms with Crippen LogP contribution in [0.4, 0.5) is 4.79 Å². The maximum atomic E-state index is 12.5. The molecule has 7 heteroatoms. The molecule has 1 aliphatic rings. The molecule has 1 saturated heterocycles. The van der Waals surface area contributed by atoms with Crippen LogP contribution in [-0.4, -0.2) is 41.4 Å². The minimum absolute atomic E-state index is 0.0370. The zero-order chi connectivity index (χ0) is 18.5. The topological polar surface area (TPSA) is 52.7 Å². The van der Waals surface area contributed by atoms with E-state index in [1.807, 2.05) is 36.4 Å². The maximum absolute atomic E-state index is 12.5. The molecular formula is C19H19Cl2N3O2. The van der Waals surface area contributed by atoms with Crippen molar-refractivity contribution >= 4 is 35.1 Å². The summed E-state index contributed by atoms with van der Waals surface area (Å²) < 4.78 is 0. The Kier molecular flexibility index (Phi) is 6.01. The molecule has 1 aliphatic heterocycles. The van der Waals surface area contributed by atoms with Crippen LogP contribution < -0.4 is 5.32 Å². The number of halogens is 2. The Morgan fingerprint density at radius 1 is 1.04 bits per heavy atom. The second-order valence-electron chi connectivity index (χ2n) is 6.12. The summed E-state index contributed by atoms with van der Waals surface area (Å²) >= 11 is 12.1. The average Bonchev–Trinajstić information content (AvgIpc) is 2.94. The Morgan fingerprint density at radius 3 is 2.58 bits per heavy atom. The second kappa shape index (κ2) is 8.43. The first kappa shape index (κ1) is 18.5. The number of benzene rings is 2. The van der Waals surface area contributed by atoms with Crippen molar-refractivity contribution in [2.45, 2.75) is 13.1 Å². The molecule has 0 radical (unpaired) electrons. The van der Waals surface area contributed by atoms with Gasteiger partial charge in [0.15, 0.2) is 0 Å². The Labute approximate surface area is 162 Å². The summed E-state index contributed by atoms with van der Waals surface area (Å²) in [5, 5.41) is 4.06. The van der Waals surface area contributed by atoms with Crippen LogP contribution in [0.2, 0.25) is 10.0 Å². The van der Waals surface area contributed by atoms with E-state index in [1.165, 1.54) is 0 Å². The molecule has 3 rings (SSSR count). The summed E-state index contributed by atoms with van der Waals surface area (Å²) in [6.07, 6.45) is 0.